The molecule has 10 heteroatoms. The average Bonchev–Trinajstić information content (AvgIpc) is 2.96. The summed E-state index contributed by atoms with van der Waals surface area (Å²) in [6.45, 7) is 4.80. The largest absolute Gasteiger partial charge is 0.497 e. The Morgan fingerprint density at radius 1 is 0.952 bits per heavy atom. The van der Waals surface area contributed by atoms with E-state index in [2.05, 4.69) is 5.32 Å². The summed E-state index contributed by atoms with van der Waals surface area (Å²) >= 11 is 5.99. The SMILES string of the molecule is COc1cccc(CN(C(=O)CCCN(c2ccc(Cl)cc2)S(C)(=O)=O)C(Cc2ccccc2)C(=O)NCC(C)C)c1. The maximum atomic E-state index is 13.9. The van der Waals surface area contributed by atoms with Crippen molar-refractivity contribution in [2.24, 2.45) is 5.92 Å². The van der Waals surface area contributed by atoms with E-state index < -0.39 is 16.1 Å². The third kappa shape index (κ3) is 10.1. The molecule has 0 radical (unpaired) electrons. The van der Waals surface area contributed by atoms with Crippen molar-refractivity contribution in [3.8, 4) is 5.75 Å². The molecule has 0 saturated carbocycles. The van der Waals surface area contributed by atoms with Gasteiger partial charge < -0.3 is 15.0 Å². The maximum Gasteiger partial charge on any atom is 0.243 e. The van der Waals surface area contributed by atoms with E-state index in [0.29, 0.717) is 29.4 Å². The highest BCUT2D eigenvalue weighted by Crippen LogP contribution is 2.23. The van der Waals surface area contributed by atoms with Crippen LogP contribution in [-0.2, 0) is 32.6 Å². The lowest BCUT2D eigenvalue weighted by Crippen LogP contribution is -2.51. The van der Waals surface area contributed by atoms with Crippen LogP contribution in [0.3, 0.4) is 0 Å². The Hall–Kier alpha value is -3.56. The molecule has 3 aromatic carbocycles. The van der Waals surface area contributed by atoms with Gasteiger partial charge in [0.1, 0.15) is 11.8 Å². The number of benzene rings is 3. The second-order valence-electron chi connectivity index (χ2n) is 10.6. The van der Waals surface area contributed by atoms with Crippen molar-refractivity contribution in [2.45, 2.75) is 45.7 Å². The molecule has 0 bridgehead atoms. The van der Waals surface area contributed by atoms with Crippen LogP contribution in [0.15, 0.2) is 78.9 Å². The number of hydrogen-bond donors (Lipinski definition) is 1. The second-order valence-corrected chi connectivity index (χ2v) is 13.0. The van der Waals surface area contributed by atoms with Crippen LogP contribution in [-0.4, -0.2) is 57.6 Å². The van der Waals surface area contributed by atoms with E-state index >= 15 is 0 Å². The molecule has 0 fully saturated rings. The molecular formula is C32H40ClN3O5S. The van der Waals surface area contributed by atoms with Crippen molar-refractivity contribution >= 4 is 39.1 Å². The van der Waals surface area contributed by atoms with Gasteiger partial charge in [-0.1, -0.05) is 67.9 Å². The average molecular weight is 614 g/mol. The Morgan fingerprint density at radius 2 is 1.62 bits per heavy atom. The molecule has 1 atom stereocenters. The third-order valence-corrected chi connectivity index (χ3v) is 8.16. The van der Waals surface area contributed by atoms with Gasteiger partial charge in [-0.25, -0.2) is 8.42 Å². The molecular weight excluding hydrogens is 574 g/mol. The summed E-state index contributed by atoms with van der Waals surface area (Å²) in [6, 6.07) is 22.7. The number of carbonyl (C=O) groups excluding carboxylic acids is 2. The molecule has 1 unspecified atom stereocenters. The first-order valence-electron chi connectivity index (χ1n) is 13.9. The highest BCUT2D eigenvalue weighted by atomic mass is 35.5. The fourth-order valence-electron chi connectivity index (χ4n) is 4.56. The Kier molecular flexibility index (Phi) is 12.2. The quantitative estimate of drug-likeness (QED) is 0.251. The normalized spacial score (nSPS) is 12.0. The topological polar surface area (TPSA) is 96.0 Å². The van der Waals surface area contributed by atoms with Crippen molar-refractivity contribution in [3.63, 3.8) is 0 Å². The number of carbonyl (C=O) groups is 2. The highest BCUT2D eigenvalue weighted by molar-refractivity contribution is 7.92. The van der Waals surface area contributed by atoms with Crippen LogP contribution in [0.25, 0.3) is 0 Å². The molecule has 0 aliphatic heterocycles. The predicted octanol–water partition coefficient (Wildman–Crippen LogP) is 5.31. The van der Waals surface area contributed by atoms with Crippen molar-refractivity contribution in [1.29, 1.82) is 0 Å². The van der Waals surface area contributed by atoms with Gasteiger partial charge in [0.2, 0.25) is 21.8 Å². The molecule has 0 saturated heterocycles. The van der Waals surface area contributed by atoms with Gasteiger partial charge in [0.25, 0.3) is 0 Å². The van der Waals surface area contributed by atoms with Crippen LogP contribution in [0.1, 0.15) is 37.8 Å². The lowest BCUT2D eigenvalue weighted by Gasteiger charge is -2.32. The molecule has 0 aliphatic carbocycles. The van der Waals surface area contributed by atoms with E-state index in [1.807, 2.05) is 68.4 Å². The molecule has 2 amide bonds. The summed E-state index contributed by atoms with van der Waals surface area (Å²) < 4.78 is 31.8. The van der Waals surface area contributed by atoms with E-state index in [4.69, 9.17) is 16.3 Å². The van der Waals surface area contributed by atoms with Crippen LogP contribution in [0.4, 0.5) is 5.69 Å². The van der Waals surface area contributed by atoms with Crippen LogP contribution in [0, 0.1) is 5.92 Å². The zero-order valence-electron chi connectivity index (χ0n) is 24.6. The molecule has 1 N–H and O–H groups in total. The summed E-state index contributed by atoms with van der Waals surface area (Å²) in [5.74, 6) is 0.407. The van der Waals surface area contributed by atoms with Crippen molar-refractivity contribution in [3.05, 3.63) is 95.0 Å². The van der Waals surface area contributed by atoms with Gasteiger partial charge in [-0.3, -0.25) is 13.9 Å². The zero-order valence-corrected chi connectivity index (χ0v) is 26.2. The first-order valence-corrected chi connectivity index (χ1v) is 16.2. The van der Waals surface area contributed by atoms with Crippen LogP contribution < -0.4 is 14.4 Å². The van der Waals surface area contributed by atoms with Gasteiger partial charge in [-0.15, -0.1) is 0 Å². The van der Waals surface area contributed by atoms with Gasteiger partial charge in [-0.05, 0) is 59.9 Å². The first-order chi connectivity index (χ1) is 20.0. The fourth-order valence-corrected chi connectivity index (χ4v) is 5.65. The van der Waals surface area contributed by atoms with Crippen molar-refractivity contribution in [1.82, 2.24) is 10.2 Å². The fraction of sp³-hybridized carbons (Fsp3) is 0.375. The number of nitrogens with one attached hydrogen (secondary N) is 1. The molecule has 0 heterocycles. The number of anilines is 1. The monoisotopic (exact) mass is 613 g/mol. The number of methoxy groups -OCH3 is 1. The number of rotatable bonds is 15. The van der Waals surface area contributed by atoms with Crippen molar-refractivity contribution < 1.29 is 22.7 Å². The second kappa shape index (κ2) is 15.6. The third-order valence-electron chi connectivity index (χ3n) is 6.71. The highest BCUT2D eigenvalue weighted by Gasteiger charge is 2.30. The smallest absolute Gasteiger partial charge is 0.243 e. The van der Waals surface area contributed by atoms with Gasteiger partial charge in [0.05, 0.1) is 19.1 Å². The van der Waals surface area contributed by atoms with E-state index in [1.165, 1.54) is 4.31 Å². The van der Waals surface area contributed by atoms with Crippen LogP contribution in [0.2, 0.25) is 5.02 Å². The van der Waals surface area contributed by atoms with E-state index in [9.17, 15) is 18.0 Å². The van der Waals surface area contributed by atoms with E-state index in [1.54, 1.807) is 36.3 Å². The maximum absolute atomic E-state index is 13.9. The lowest BCUT2D eigenvalue weighted by molar-refractivity contribution is -0.141. The Morgan fingerprint density at radius 3 is 2.24 bits per heavy atom. The summed E-state index contributed by atoms with van der Waals surface area (Å²) in [5.41, 5.74) is 2.21. The van der Waals surface area contributed by atoms with Gasteiger partial charge in [0.15, 0.2) is 0 Å². The molecule has 0 aliphatic rings. The Labute approximate surface area is 254 Å². The number of hydrogen-bond acceptors (Lipinski definition) is 5. The lowest BCUT2D eigenvalue weighted by atomic mass is 10.0. The summed E-state index contributed by atoms with van der Waals surface area (Å²) in [7, 11) is -2.03. The number of halogens is 1. The van der Waals surface area contributed by atoms with Gasteiger partial charge in [-0.2, -0.15) is 0 Å². The Bertz CT molecular complexity index is 1420. The molecule has 0 aromatic heterocycles. The standard InChI is InChI=1S/C32H40ClN3O5S/c1-24(2)22-34-32(38)30(21-25-10-6-5-7-11-25)35(23-26-12-8-13-29(20-26)41-3)31(37)14-9-19-36(42(4,39)40)28-17-15-27(33)16-18-28/h5-8,10-13,15-18,20,24,30H,9,14,19,21-23H2,1-4H3,(H,34,38). The van der Waals surface area contributed by atoms with Crippen molar-refractivity contribution in [2.75, 3.05) is 30.8 Å². The van der Waals surface area contributed by atoms with Crippen LogP contribution in [0.5, 0.6) is 5.75 Å². The van der Waals surface area contributed by atoms with E-state index in [0.717, 1.165) is 17.4 Å². The minimum Gasteiger partial charge on any atom is -0.497 e. The minimum atomic E-state index is -3.60. The number of sulfonamides is 1. The molecule has 3 aromatic rings. The molecule has 0 spiro atoms. The number of amides is 2. The van der Waals surface area contributed by atoms with Crippen LogP contribution >= 0.6 is 11.6 Å². The number of nitrogens with zero attached hydrogens (tertiary/aromatic N) is 2. The molecule has 3 rings (SSSR count). The molecule has 42 heavy (non-hydrogen) atoms. The summed E-state index contributed by atoms with van der Waals surface area (Å²) in [6.07, 6.45) is 1.77. The summed E-state index contributed by atoms with van der Waals surface area (Å²) in [5, 5.41) is 3.51. The zero-order chi connectivity index (χ0) is 30.7. The molecule has 226 valence electrons. The first kappa shape index (κ1) is 32.9. The van der Waals surface area contributed by atoms with Gasteiger partial charge >= 0.3 is 0 Å². The summed E-state index contributed by atoms with van der Waals surface area (Å²) in [4.78, 5) is 29.1. The molecule has 8 nitrogen and oxygen atoms in total. The van der Waals surface area contributed by atoms with Gasteiger partial charge in [0, 0.05) is 37.5 Å². The van der Waals surface area contributed by atoms with E-state index in [-0.39, 0.29) is 43.7 Å². The Balaban J connectivity index is 1.89. The predicted molar refractivity (Wildman–Crippen MR) is 168 cm³/mol. The minimum absolute atomic E-state index is 0.0479. The number of ether oxygens (including phenoxy) is 1.